The first-order valence-electron chi connectivity index (χ1n) is 9.72. The monoisotopic (exact) mass is 503 g/mol. The molecule has 182 valence electrons. The van der Waals surface area contributed by atoms with Crippen LogP contribution in [-0.4, -0.2) is 26.7 Å². The van der Waals surface area contributed by atoms with Gasteiger partial charge in [-0.25, -0.2) is 8.42 Å². The van der Waals surface area contributed by atoms with Gasteiger partial charge in [-0.1, -0.05) is 42.5 Å². The van der Waals surface area contributed by atoms with Crippen LogP contribution < -0.4 is 4.31 Å². The van der Waals surface area contributed by atoms with Crippen molar-refractivity contribution in [3.8, 4) is 0 Å². The maximum atomic E-state index is 14.1. The lowest BCUT2D eigenvalue weighted by atomic mass is 9.84. The molecule has 3 aromatic rings. The van der Waals surface area contributed by atoms with Crippen LogP contribution in [0.4, 0.5) is 32.0 Å². The van der Waals surface area contributed by atoms with E-state index in [1.165, 1.54) is 38.2 Å². The highest BCUT2D eigenvalue weighted by Crippen LogP contribution is 2.46. The molecule has 4 nitrogen and oxygen atoms in total. The SMILES string of the molecule is Cc1cc(C(O)(c2cccc(C(F)(F)F)c2)C(F)(F)F)ccc1N(C)S(=O)(=O)c1ccccc1. The van der Waals surface area contributed by atoms with Crippen molar-refractivity contribution >= 4 is 15.7 Å². The summed E-state index contributed by atoms with van der Waals surface area (Å²) in [6.45, 7) is 1.33. The van der Waals surface area contributed by atoms with E-state index in [0.29, 0.717) is 6.07 Å². The Morgan fingerprint density at radius 1 is 0.765 bits per heavy atom. The van der Waals surface area contributed by atoms with Gasteiger partial charge in [-0.2, -0.15) is 26.3 Å². The normalized spacial score (nSPS) is 14.5. The molecule has 0 aliphatic heterocycles. The van der Waals surface area contributed by atoms with Crippen molar-refractivity contribution in [2.24, 2.45) is 0 Å². The van der Waals surface area contributed by atoms with Gasteiger partial charge in [-0.3, -0.25) is 4.31 Å². The van der Waals surface area contributed by atoms with Crippen LogP contribution >= 0.6 is 0 Å². The van der Waals surface area contributed by atoms with Gasteiger partial charge in [0.25, 0.3) is 10.0 Å². The molecule has 0 aromatic heterocycles. The lowest BCUT2D eigenvalue weighted by Gasteiger charge is -2.33. The molecule has 0 fully saturated rings. The third-order valence-corrected chi connectivity index (χ3v) is 7.16. The molecule has 0 amide bonds. The number of rotatable bonds is 5. The molecule has 3 aromatic carbocycles. The van der Waals surface area contributed by atoms with E-state index in [4.69, 9.17) is 0 Å². The molecular weight excluding hydrogens is 484 g/mol. The van der Waals surface area contributed by atoms with Crippen LogP contribution in [0.3, 0.4) is 0 Å². The predicted molar refractivity (Wildman–Crippen MR) is 114 cm³/mol. The zero-order valence-corrected chi connectivity index (χ0v) is 18.6. The van der Waals surface area contributed by atoms with Gasteiger partial charge in [0.15, 0.2) is 0 Å². The van der Waals surface area contributed by atoms with Crippen molar-refractivity contribution in [1.82, 2.24) is 0 Å². The molecule has 11 heteroatoms. The number of halogens is 6. The Labute approximate surface area is 192 Å². The Hall–Kier alpha value is -3.05. The number of alkyl halides is 6. The number of anilines is 1. The van der Waals surface area contributed by atoms with Gasteiger partial charge in [0, 0.05) is 7.05 Å². The van der Waals surface area contributed by atoms with Gasteiger partial charge in [-0.15, -0.1) is 0 Å². The van der Waals surface area contributed by atoms with Gasteiger partial charge in [0.2, 0.25) is 5.60 Å². The summed E-state index contributed by atoms with van der Waals surface area (Å²) >= 11 is 0. The van der Waals surface area contributed by atoms with E-state index in [1.807, 2.05) is 0 Å². The third-order valence-electron chi connectivity index (χ3n) is 5.37. The van der Waals surface area contributed by atoms with Crippen LogP contribution in [0.1, 0.15) is 22.3 Å². The van der Waals surface area contributed by atoms with Gasteiger partial charge in [0.05, 0.1) is 16.1 Å². The van der Waals surface area contributed by atoms with Crippen molar-refractivity contribution < 1.29 is 39.9 Å². The van der Waals surface area contributed by atoms with E-state index in [-0.39, 0.29) is 22.2 Å². The van der Waals surface area contributed by atoms with Crippen molar-refractivity contribution in [3.05, 3.63) is 95.1 Å². The standard InChI is InChI=1S/C23H19F6NO3S/c1-15-13-17(11-12-20(15)30(2)34(32,33)19-9-4-3-5-10-19)21(31,23(27,28)29)16-7-6-8-18(14-16)22(24,25)26/h3-14,31H,1-2H3. The van der Waals surface area contributed by atoms with Gasteiger partial charge < -0.3 is 5.11 Å². The second-order valence-electron chi connectivity index (χ2n) is 7.57. The van der Waals surface area contributed by atoms with Crippen molar-refractivity contribution in [2.45, 2.75) is 29.8 Å². The van der Waals surface area contributed by atoms with Gasteiger partial charge in [-0.05, 0) is 53.9 Å². The highest BCUT2D eigenvalue weighted by Gasteiger charge is 2.56. The molecule has 0 heterocycles. The zero-order chi connectivity index (χ0) is 25.5. The van der Waals surface area contributed by atoms with Gasteiger partial charge in [0.1, 0.15) is 0 Å². The van der Waals surface area contributed by atoms with E-state index in [9.17, 15) is 39.9 Å². The van der Waals surface area contributed by atoms with Crippen LogP contribution in [-0.2, 0) is 21.8 Å². The summed E-state index contributed by atoms with van der Waals surface area (Å²) in [5.74, 6) is 0. The molecule has 0 aliphatic carbocycles. The van der Waals surface area contributed by atoms with Gasteiger partial charge >= 0.3 is 12.4 Å². The van der Waals surface area contributed by atoms with E-state index in [0.717, 1.165) is 34.6 Å². The largest absolute Gasteiger partial charge is 0.425 e. The van der Waals surface area contributed by atoms with E-state index >= 15 is 0 Å². The number of sulfonamides is 1. The van der Waals surface area contributed by atoms with Crippen LogP contribution in [0.15, 0.2) is 77.7 Å². The predicted octanol–water partition coefficient (Wildman–Crippen LogP) is 5.64. The molecular formula is C23H19F6NO3S. The maximum absolute atomic E-state index is 14.1. The Morgan fingerprint density at radius 2 is 1.32 bits per heavy atom. The lowest BCUT2D eigenvalue weighted by molar-refractivity contribution is -0.248. The average molecular weight is 503 g/mol. The molecule has 0 spiro atoms. The van der Waals surface area contributed by atoms with E-state index in [2.05, 4.69) is 0 Å². The fourth-order valence-electron chi connectivity index (χ4n) is 3.53. The summed E-state index contributed by atoms with van der Waals surface area (Å²) in [4.78, 5) is -0.0447. The topological polar surface area (TPSA) is 57.6 Å². The Bertz CT molecular complexity index is 1290. The number of hydrogen-bond donors (Lipinski definition) is 1. The maximum Gasteiger partial charge on any atom is 0.425 e. The smallest absolute Gasteiger partial charge is 0.372 e. The Kier molecular flexibility index (Phi) is 6.49. The van der Waals surface area contributed by atoms with Crippen LogP contribution in [0.5, 0.6) is 0 Å². The molecule has 1 atom stereocenters. The molecule has 0 aliphatic rings. The zero-order valence-electron chi connectivity index (χ0n) is 17.8. The first-order chi connectivity index (χ1) is 15.6. The fraction of sp³-hybridized carbons (Fsp3) is 0.217. The second-order valence-corrected chi connectivity index (χ2v) is 9.54. The molecule has 34 heavy (non-hydrogen) atoms. The quantitative estimate of drug-likeness (QED) is 0.459. The molecule has 0 radical (unpaired) electrons. The average Bonchev–Trinajstić information content (AvgIpc) is 2.77. The number of nitrogens with zero attached hydrogens (tertiary/aromatic N) is 1. The first-order valence-corrected chi connectivity index (χ1v) is 11.2. The van der Waals surface area contributed by atoms with Crippen molar-refractivity contribution in [2.75, 3.05) is 11.4 Å². The highest BCUT2D eigenvalue weighted by atomic mass is 32.2. The number of benzene rings is 3. The Morgan fingerprint density at radius 3 is 1.85 bits per heavy atom. The van der Waals surface area contributed by atoms with Crippen LogP contribution in [0, 0.1) is 6.92 Å². The summed E-state index contributed by atoms with van der Waals surface area (Å²) in [6, 6.07) is 12.5. The minimum atomic E-state index is -5.38. The number of aryl methyl sites for hydroxylation is 1. The van der Waals surface area contributed by atoms with Crippen LogP contribution in [0.2, 0.25) is 0 Å². The third kappa shape index (κ3) is 4.49. The summed E-state index contributed by atoms with van der Waals surface area (Å²) < 4.78 is 108. The minimum Gasteiger partial charge on any atom is -0.372 e. The van der Waals surface area contributed by atoms with E-state index < -0.39 is 44.7 Å². The molecule has 0 bridgehead atoms. The van der Waals surface area contributed by atoms with Crippen LogP contribution in [0.25, 0.3) is 0 Å². The summed E-state index contributed by atoms with van der Waals surface area (Å²) in [6.07, 6.45) is -10.3. The molecule has 3 rings (SSSR count). The minimum absolute atomic E-state index is 0.0289. The van der Waals surface area contributed by atoms with E-state index in [1.54, 1.807) is 6.07 Å². The summed E-state index contributed by atoms with van der Waals surface area (Å²) in [5, 5.41) is 10.7. The van der Waals surface area contributed by atoms with Crippen molar-refractivity contribution in [1.29, 1.82) is 0 Å². The molecule has 0 saturated carbocycles. The molecule has 1 N–H and O–H groups in total. The summed E-state index contributed by atoms with van der Waals surface area (Å²) in [7, 11) is -2.83. The number of hydrogen-bond acceptors (Lipinski definition) is 3. The number of aliphatic hydroxyl groups is 1. The fourth-order valence-corrected chi connectivity index (χ4v) is 4.81. The Balaban J connectivity index is 2.12. The summed E-state index contributed by atoms with van der Waals surface area (Å²) in [5.41, 5.74) is -6.82. The molecule has 1 unspecified atom stereocenters. The second kappa shape index (κ2) is 8.62. The molecule has 0 saturated heterocycles. The first kappa shape index (κ1) is 25.6. The highest BCUT2D eigenvalue weighted by molar-refractivity contribution is 7.92. The lowest BCUT2D eigenvalue weighted by Crippen LogP contribution is -2.43. The van der Waals surface area contributed by atoms with Crippen molar-refractivity contribution in [3.63, 3.8) is 0 Å².